The van der Waals surface area contributed by atoms with Gasteiger partial charge < -0.3 is 4.90 Å². The maximum Gasteiger partial charge on any atom is 0.445 e. The number of alkyl halides is 3. The second-order valence-electron chi connectivity index (χ2n) is 4.14. The van der Waals surface area contributed by atoms with Gasteiger partial charge in [-0.25, -0.2) is 0 Å². The Labute approximate surface area is 107 Å². The highest BCUT2D eigenvalue weighted by Gasteiger charge is 2.36. The van der Waals surface area contributed by atoms with Crippen molar-refractivity contribution in [2.24, 2.45) is 5.92 Å². The third-order valence-electron chi connectivity index (χ3n) is 2.01. The zero-order chi connectivity index (χ0) is 13.8. The summed E-state index contributed by atoms with van der Waals surface area (Å²) in [7, 11) is 0. The zero-order valence-electron chi connectivity index (χ0n) is 10.0. The molecule has 0 bridgehead atoms. The van der Waals surface area contributed by atoms with Crippen molar-refractivity contribution in [3.8, 4) is 6.07 Å². The predicted molar refractivity (Wildman–Crippen MR) is 62.2 cm³/mol. The molecule has 0 saturated carbocycles. The van der Waals surface area contributed by atoms with Gasteiger partial charge in [-0.15, -0.1) is 10.2 Å². The van der Waals surface area contributed by atoms with Gasteiger partial charge in [0.05, 0.1) is 12.5 Å². The van der Waals surface area contributed by atoms with Gasteiger partial charge in [0.25, 0.3) is 0 Å². The monoisotopic (exact) mass is 278 g/mol. The lowest BCUT2D eigenvalue weighted by Gasteiger charge is -2.21. The van der Waals surface area contributed by atoms with E-state index >= 15 is 0 Å². The fourth-order valence-electron chi connectivity index (χ4n) is 1.35. The minimum atomic E-state index is -4.46. The zero-order valence-corrected chi connectivity index (χ0v) is 10.8. The Morgan fingerprint density at radius 1 is 1.39 bits per heavy atom. The first-order valence-electron chi connectivity index (χ1n) is 5.37. The molecule has 1 rings (SSSR count). The largest absolute Gasteiger partial charge is 0.445 e. The Balaban J connectivity index is 2.85. The number of anilines is 1. The van der Waals surface area contributed by atoms with Crippen LogP contribution in [-0.2, 0) is 6.18 Å². The Morgan fingerprint density at radius 3 is 2.50 bits per heavy atom. The summed E-state index contributed by atoms with van der Waals surface area (Å²) in [6.07, 6.45) is -4.22. The molecule has 0 aromatic carbocycles. The number of hydrogen-bond acceptors (Lipinski definition) is 5. The molecule has 0 N–H and O–H groups in total. The molecular weight excluding hydrogens is 265 g/mol. The maximum absolute atomic E-state index is 12.4. The molecule has 0 amide bonds. The maximum atomic E-state index is 12.4. The van der Waals surface area contributed by atoms with Crippen molar-refractivity contribution < 1.29 is 13.2 Å². The van der Waals surface area contributed by atoms with E-state index in [4.69, 9.17) is 5.26 Å². The van der Waals surface area contributed by atoms with Crippen LogP contribution in [0, 0.1) is 17.2 Å². The lowest BCUT2D eigenvalue weighted by atomic mass is 10.2. The molecule has 0 fully saturated rings. The van der Waals surface area contributed by atoms with Crippen LogP contribution in [0.1, 0.15) is 25.3 Å². The van der Waals surface area contributed by atoms with Crippen molar-refractivity contribution in [1.82, 2.24) is 10.2 Å². The van der Waals surface area contributed by atoms with E-state index in [2.05, 4.69) is 10.2 Å². The number of aromatic nitrogens is 2. The summed E-state index contributed by atoms with van der Waals surface area (Å²) < 4.78 is 37.2. The number of nitrogens with zero attached hydrogens (tertiary/aromatic N) is 4. The minimum absolute atomic E-state index is 0.214. The third-order valence-corrected chi connectivity index (χ3v) is 3.04. The summed E-state index contributed by atoms with van der Waals surface area (Å²) >= 11 is 0.510. The van der Waals surface area contributed by atoms with E-state index in [9.17, 15) is 13.2 Å². The summed E-state index contributed by atoms with van der Waals surface area (Å²) in [5.41, 5.74) is 0. The highest BCUT2D eigenvalue weighted by Crippen LogP contribution is 2.34. The second kappa shape index (κ2) is 6.00. The molecule has 1 aromatic rings. The van der Waals surface area contributed by atoms with Gasteiger partial charge in [0.15, 0.2) is 0 Å². The molecule has 0 radical (unpaired) electrons. The van der Waals surface area contributed by atoms with E-state index in [1.54, 1.807) is 4.90 Å². The summed E-state index contributed by atoms with van der Waals surface area (Å²) in [5, 5.41) is 14.5. The van der Waals surface area contributed by atoms with Gasteiger partial charge in [-0.3, -0.25) is 0 Å². The Morgan fingerprint density at radius 2 is 2.06 bits per heavy atom. The number of hydrogen-bond donors (Lipinski definition) is 0. The number of nitriles is 1. The standard InChI is InChI=1S/C10H13F3N4S/c1-7(2)6-17(5-3-4-14)9-16-15-8(18-9)10(11,12)13/h7H,3,5-6H2,1-2H3. The van der Waals surface area contributed by atoms with Crippen molar-refractivity contribution >= 4 is 16.5 Å². The van der Waals surface area contributed by atoms with Gasteiger partial charge in [0, 0.05) is 13.1 Å². The summed E-state index contributed by atoms with van der Waals surface area (Å²) in [5.74, 6) is 0.266. The molecule has 0 aliphatic heterocycles. The van der Waals surface area contributed by atoms with Gasteiger partial charge in [0.1, 0.15) is 0 Å². The molecular formula is C10H13F3N4S. The predicted octanol–water partition coefficient (Wildman–Crippen LogP) is 2.93. The van der Waals surface area contributed by atoms with Crippen molar-refractivity contribution in [2.75, 3.05) is 18.0 Å². The van der Waals surface area contributed by atoms with Crippen LogP contribution in [0.4, 0.5) is 18.3 Å². The topological polar surface area (TPSA) is 52.8 Å². The Hall–Kier alpha value is -1.36. The summed E-state index contributed by atoms with van der Waals surface area (Å²) in [6.45, 7) is 4.81. The Bertz CT molecular complexity index is 421. The second-order valence-corrected chi connectivity index (χ2v) is 5.09. The molecule has 18 heavy (non-hydrogen) atoms. The van der Waals surface area contributed by atoms with Gasteiger partial charge in [0.2, 0.25) is 10.1 Å². The van der Waals surface area contributed by atoms with Crippen molar-refractivity contribution in [2.45, 2.75) is 26.4 Å². The molecule has 0 unspecified atom stereocenters. The van der Waals surface area contributed by atoms with E-state index < -0.39 is 11.2 Å². The Kier molecular flexibility index (Phi) is 4.90. The average Bonchev–Trinajstić information content (AvgIpc) is 2.72. The van der Waals surface area contributed by atoms with E-state index in [0.717, 1.165) is 0 Å². The summed E-state index contributed by atoms with van der Waals surface area (Å²) in [6, 6.07) is 1.97. The first kappa shape index (κ1) is 14.7. The first-order chi connectivity index (χ1) is 8.34. The van der Waals surface area contributed by atoms with Crippen LogP contribution in [0.3, 0.4) is 0 Å². The molecule has 0 spiro atoms. The van der Waals surface area contributed by atoms with E-state index in [1.165, 1.54) is 0 Å². The smallest absolute Gasteiger partial charge is 0.345 e. The molecule has 8 heteroatoms. The highest BCUT2D eigenvalue weighted by molar-refractivity contribution is 7.15. The van der Waals surface area contributed by atoms with Crippen LogP contribution in [0.25, 0.3) is 0 Å². The summed E-state index contributed by atoms with van der Waals surface area (Å²) in [4.78, 5) is 1.67. The van der Waals surface area contributed by atoms with Crippen molar-refractivity contribution in [1.29, 1.82) is 5.26 Å². The molecule has 4 nitrogen and oxygen atoms in total. The number of rotatable bonds is 5. The lowest BCUT2D eigenvalue weighted by Crippen LogP contribution is -2.28. The quantitative estimate of drug-likeness (QED) is 0.831. The van der Waals surface area contributed by atoms with E-state index in [1.807, 2.05) is 19.9 Å². The van der Waals surface area contributed by atoms with Crippen molar-refractivity contribution in [3.05, 3.63) is 5.01 Å². The molecule has 1 heterocycles. The van der Waals surface area contributed by atoms with Crippen LogP contribution < -0.4 is 4.90 Å². The SMILES string of the molecule is CC(C)CN(CCC#N)c1nnc(C(F)(F)F)s1. The fourth-order valence-corrected chi connectivity index (χ4v) is 2.10. The molecule has 0 atom stereocenters. The molecule has 0 aliphatic carbocycles. The van der Waals surface area contributed by atoms with Crippen LogP contribution in [0.5, 0.6) is 0 Å². The van der Waals surface area contributed by atoms with Crippen LogP contribution in [0.15, 0.2) is 0 Å². The highest BCUT2D eigenvalue weighted by atomic mass is 32.1. The van der Waals surface area contributed by atoms with Gasteiger partial charge in [-0.2, -0.15) is 18.4 Å². The van der Waals surface area contributed by atoms with Gasteiger partial charge in [-0.1, -0.05) is 25.2 Å². The molecule has 100 valence electrons. The van der Waals surface area contributed by atoms with Crippen LogP contribution in [0.2, 0.25) is 0 Å². The van der Waals surface area contributed by atoms with Crippen molar-refractivity contribution in [3.63, 3.8) is 0 Å². The van der Waals surface area contributed by atoms with E-state index in [0.29, 0.717) is 24.4 Å². The molecule has 1 aromatic heterocycles. The van der Waals surface area contributed by atoms with Gasteiger partial charge >= 0.3 is 6.18 Å². The normalized spacial score (nSPS) is 11.6. The van der Waals surface area contributed by atoms with Crippen LogP contribution in [-0.4, -0.2) is 23.3 Å². The minimum Gasteiger partial charge on any atom is -0.345 e. The molecule has 0 aliphatic rings. The average molecular weight is 278 g/mol. The lowest BCUT2D eigenvalue weighted by molar-refractivity contribution is -0.138. The molecule has 0 saturated heterocycles. The fraction of sp³-hybridized carbons (Fsp3) is 0.700. The van der Waals surface area contributed by atoms with Gasteiger partial charge in [-0.05, 0) is 5.92 Å². The first-order valence-corrected chi connectivity index (χ1v) is 6.19. The van der Waals surface area contributed by atoms with E-state index in [-0.39, 0.29) is 17.5 Å². The van der Waals surface area contributed by atoms with Crippen LogP contribution >= 0.6 is 11.3 Å². The number of halogens is 3. The third kappa shape index (κ3) is 4.14.